The third-order valence-electron chi connectivity index (χ3n) is 5.26. The molecule has 1 aliphatic rings. The van der Waals surface area contributed by atoms with Crippen molar-refractivity contribution in [2.24, 2.45) is 0 Å². The Kier molecular flexibility index (Phi) is 4.61. The summed E-state index contributed by atoms with van der Waals surface area (Å²) in [6.07, 6.45) is 1.69. The van der Waals surface area contributed by atoms with Crippen LogP contribution in [0.15, 0.2) is 60.1 Å². The fourth-order valence-electron chi connectivity index (χ4n) is 3.68. The molecule has 5 rings (SSSR count). The van der Waals surface area contributed by atoms with Gasteiger partial charge in [-0.3, -0.25) is 4.79 Å². The quantitative estimate of drug-likeness (QED) is 0.518. The van der Waals surface area contributed by atoms with Crippen LogP contribution < -0.4 is 0 Å². The monoisotopic (exact) mass is 404 g/mol. The number of hydrogen-bond donors (Lipinski definition) is 0. The summed E-state index contributed by atoms with van der Waals surface area (Å²) in [5.74, 6) is 0.0636. The molecule has 146 valence electrons. The van der Waals surface area contributed by atoms with Crippen molar-refractivity contribution in [3.63, 3.8) is 0 Å². The number of aromatic nitrogens is 3. The summed E-state index contributed by atoms with van der Waals surface area (Å²) in [7, 11) is 0. The number of carbonyl (C=O) groups is 1. The molecule has 0 N–H and O–H groups in total. The van der Waals surface area contributed by atoms with E-state index in [4.69, 9.17) is 4.74 Å². The van der Waals surface area contributed by atoms with Gasteiger partial charge in [-0.2, -0.15) is 0 Å². The number of morpholine rings is 1. The maximum Gasteiger partial charge on any atom is 0.264 e. The zero-order valence-corrected chi connectivity index (χ0v) is 16.8. The van der Waals surface area contributed by atoms with E-state index in [-0.39, 0.29) is 12.0 Å². The molecule has 1 amide bonds. The van der Waals surface area contributed by atoms with Crippen LogP contribution in [0.3, 0.4) is 0 Å². The molecular weight excluding hydrogens is 384 g/mol. The lowest BCUT2D eigenvalue weighted by Gasteiger charge is -2.32. The molecule has 1 aromatic carbocycles. The Morgan fingerprint density at radius 2 is 2.00 bits per heavy atom. The SMILES string of the molecule is Cc1ccsc1C(=O)N1CCOC(c2nnn3cc(-c4ccccc4)ccc23)C1. The highest BCUT2D eigenvalue weighted by molar-refractivity contribution is 7.12. The smallest absolute Gasteiger partial charge is 0.264 e. The van der Waals surface area contributed by atoms with Crippen molar-refractivity contribution < 1.29 is 9.53 Å². The molecule has 0 saturated carbocycles. The molecule has 0 radical (unpaired) electrons. The Morgan fingerprint density at radius 3 is 2.79 bits per heavy atom. The Labute approximate surface area is 172 Å². The molecule has 1 unspecified atom stereocenters. The number of amides is 1. The van der Waals surface area contributed by atoms with Crippen molar-refractivity contribution >= 4 is 22.8 Å². The minimum absolute atomic E-state index is 0.0636. The molecule has 7 heteroatoms. The number of nitrogens with zero attached hydrogens (tertiary/aromatic N) is 4. The number of fused-ring (bicyclic) bond motifs is 1. The van der Waals surface area contributed by atoms with E-state index in [2.05, 4.69) is 28.5 Å². The zero-order valence-electron chi connectivity index (χ0n) is 16.0. The Morgan fingerprint density at radius 1 is 1.14 bits per heavy atom. The van der Waals surface area contributed by atoms with Gasteiger partial charge in [0.2, 0.25) is 0 Å². The number of ether oxygens (including phenoxy) is 1. The second kappa shape index (κ2) is 7.42. The average molecular weight is 404 g/mol. The first-order chi connectivity index (χ1) is 14.2. The lowest BCUT2D eigenvalue weighted by atomic mass is 10.1. The number of thiophene rings is 1. The van der Waals surface area contributed by atoms with Gasteiger partial charge in [-0.05, 0) is 35.6 Å². The number of pyridine rings is 1. The van der Waals surface area contributed by atoms with Crippen LogP contribution in [0.1, 0.15) is 27.0 Å². The summed E-state index contributed by atoms with van der Waals surface area (Å²) in [6, 6.07) is 16.2. The molecular formula is C22H20N4O2S. The summed E-state index contributed by atoms with van der Waals surface area (Å²) in [4.78, 5) is 15.6. The third-order valence-corrected chi connectivity index (χ3v) is 6.27. The van der Waals surface area contributed by atoms with Crippen LogP contribution in [-0.4, -0.2) is 45.3 Å². The molecule has 1 aliphatic heterocycles. The molecule has 0 aliphatic carbocycles. The summed E-state index contributed by atoms with van der Waals surface area (Å²) in [6.45, 7) is 3.52. The molecule has 1 atom stereocenters. The number of benzene rings is 1. The molecule has 3 aromatic heterocycles. The lowest BCUT2D eigenvalue weighted by molar-refractivity contribution is -0.0239. The molecule has 4 heterocycles. The van der Waals surface area contributed by atoms with Crippen molar-refractivity contribution in [3.05, 3.63) is 76.2 Å². The molecule has 0 spiro atoms. The minimum Gasteiger partial charge on any atom is -0.368 e. The molecule has 6 nitrogen and oxygen atoms in total. The zero-order chi connectivity index (χ0) is 19.8. The van der Waals surface area contributed by atoms with Crippen LogP contribution >= 0.6 is 11.3 Å². The van der Waals surface area contributed by atoms with Gasteiger partial charge in [0, 0.05) is 18.3 Å². The lowest BCUT2D eigenvalue weighted by Crippen LogP contribution is -2.42. The second-order valence-corrected chi connectivity index (χ2v) is 8.05. The van der Waals surface area contributed by atoms with Crippen molar-refractivity contribution in [2.45, 2.75) is 13.0 Å². The van der Waals surface area contributed by atoms with Crippen molar-refractivity contribution in [2.75, 3.05) is 19.7 Å². The number of carbonyl (C=O) groups excluding carboxylic acids is 1. The number of hydrogen-bond acceptors (Lipinski definition) is 5. The average Bonchev–Trinajstić information content (AvgIpc) is 3.39. The standard InChI is InChI=1S/C22H20N4O2S/c1-15-9-12-29-21(15)22(27)25-10-11-28-19(14-25)20-18-8-7-17(13-26(18)24-23-20)16-5-3-2-4-6-16/h2-9,12-13,19H,10-11,14H2,1H3. The Balaban J connectivity index is 1.42. The first-order valence-electron chi connectivity index (χ1n) is 9.56. The van der Waals surface area contributed by atoms with Gasteiger partial charge in [0.15, 0.2) is 0 Å². The summed E-state index contributed by atoms with van der Waals surface area (Å²) < 4.78 is 7.75. The first-order valence-corrected chi connectivity index (χ1v) is 10.4. The van der Waals surface area contributed by atoms with Crippen LogP contribution in [0.25, 0.3) is 16.6 Å². The summed E-state index contributed by atoms with van der Waals surface area (Å²) in [5, 5.41) is 10.6. The summed E-state index contributed by atoms with van der Waals surface area (Å²) in [5.41, 5.74) is 4.89. The maximum atomic E-state index is 12.9. The van der Waals surface area contributed by atoms with Crippen LogP contribution in [-0.2, 0) is 4.74 Å². The van der Waals surface area contributed by atoms with E-state index < -0.39 is 0 Å². The van der Waals surface area contributed by atoms with Gasteiger partial charge in [-0.15, -0.1) is 16.4 Å². The highest BCUT2D eigenvalue weighted by Crippen LogP contribution is 2.28. The molecule has 29 heavy (non-hydrogen) atoms. The number of rotatable bonds is 3. The topological polar surface area (TPSA) is 59.7 Å². The van der Waals surface area contributed by atoms with E-state index in [1.165, 1.54) is 11.3 Å². The fraction of sp³-hybridized carbons (Fsp3) is 0.227. The second-order valence-electron chi connectivity index (χ2n) is 7.13. The fourth-order valence-corrected chi connectivity index (χ4v) is 4.57. The maximum absolute atomic E-state index is 12.9. The highest BCUT2D eigenvalue weighted by atomic mass is 32.1. The van der Waals surface area contributed by atoms with Crippen LogP contribution in [0, 0.1) is 6.92 Å². The molecule has 1 saturated heterocycles. The van der Waals surface area contributed by atoms with Crippen LogP contribution in [0.5, 0.6) is 0 Å². The highest BCUT2D eigenvalue weighted by Gasteiger charge is 2.30. The van der Waals surface area contributed by atoms with Gasteiger partial charge in [0.25, 0.3) is 5.91 Å². The normalized spacial score (nSPS) is 17.0. The van der Waals surface area contributed by atoms with Gasteiger partial charge in [0.1, 0.15) is 11.8 Å². The van der Waals surface area contributed by atoms with E-state index >= 15 is 0 Å². The predicted octanol–water partition coefficient (Wildman–Crippen LogP) is 3.98. The van der Waals surface area contributed by atoms with E-state index in [9.17, 15) is 4.79 Å². The van der Waals surface area contributed by atoms with E-state index in [1.54, 1.807) is 4.52 Å². The Bertz CT molecular complexity index is 1170. The van der Waals surface area contributed by atoms with Gasteiger partial charge >= 0.3 is 0 Å². The van der Waals surface area contributed by atoms with Gasteiger partial charge in [-0.25, -0.2) is 4.52 Å². The predicted molar refractivity (Wildman–Crippen MR) is 112 cm³/mol. The van der Waals surface area contributed by atoms with Gasteiger partial charge in [-0.1, -0.05) is 41.6 Å². The third kappa shape index (κ3) is 3.32. The minimum atomic E-state index is -0.284. The Hall–Kier alpha value is -3.03. The van der Waals surface area contributed by atoms with Gasteiger partial charge < -0.3 is 9.64 Å². The van der Waals surface area contributed by atoms with Crippen molar-refractivity contribution in [1.82, 2.24) is 19.7 Å². The molecule has 0 bridgehead atoms. The molecule has 4 aromatic rings. The van der Waals surface area contributed by atoms with Gasteiger partial charge in [0.05, 0.1) is 23.5 Å². The van der Waals surface area contributed by atoms with E-state index in [0.29, 0.717) is 19.7 Å². The largest absolute Gasteiger partial charge is 0.368 e. The van der Waals surface area contributed by atoms with Crippen LogP contribution in [0.2, 0.25) is 0 Å². The first kappa shape index (κ1) is 18.0. The van der Waals surface area contributed by atoms with E-state index in [1.807, 2.05) is 53.7 Å². The van der Waals surface area contributed by atoms with Crippen molar-refractivity contribution in [3.8, 4) is 11.1 Å². The molecule has 1 fully saturated rings. The summed E-state index contributed by atoms with van der Waals surface area (Å²) >= 11 is 1.49. The van der Waals surface area contributed by atoms with Crippen molar-refractivity contribution in [1.29, 1.82) is 0 Å². The van der Waals surface area contributed by atoms with Crippen LogP contribution in [0.4, 0.5) is 0 Å². The number of aryl methyl sites for hydroxylation is 1. The van der Waals surface area contributed by atoms with E-state index in [0.717, 1.165) is 32.8 Å².